The Bertz CT molecular complexity index is 1360. The van der Waals surface area contributed by atoms with Gasteiger partial charge in [-0.2, -0.15) is 23.3 Å². The summed E-state index contributed by atoms with van der Waals surface area (Å²) in [7, 11) is 0. The number of carbonyl (C=O) groups is 1. The Kier molecular flexibility index (Phi) is 6.50. The van der Waals surface area contributed by atoms with Crippen molar-refractivity contribution < 1.29 is 22.7 Å². The summed E-state index contributed by atoms with van der Waals surface area (Å²) in [5, 5.41) is 6.75. The molecule has 1 N–H and O–H groups in total. The topological polar surface area (TPSA) is 94.8 Å². The van der Waals surface area contributed by atoms with E-state index in [2.05, 4.69) is 25.4 Å². The molecule has 0 saturated heterocycles. The molecule has 0 spiro atoms. The normalized spacial score (nSPS) is 11.4. The first kappa shape index (κ1) is 23.9. The summed E-state index contributed by atoms with van der Waals surface area (Å²) in [6.45, 7) is 5.75. The van der Waals surface area contributed by atoms with Crippen molar-refractivity contribution in [1.29, 1.82) is 0 Å². The summed E-state index contributed by atoms with van der Waals surface area (Å²) in [5.41, 5.74) is 2.62. The highest BCUT2D eigenvalue weighted by Gasteiger charge is 2.34. The number of aryl methyl sites for hydroxylation is 2. The number of aromatic nitrogens is 5. The molecule has 0 radical (unpaired) electrons. The highest BCUT2D eigenvalue weighted by atomic mass is 19.4. The number of alkyl halides is 3. The second-order valence-corrected chi connectivity index (χ2v) is 7.76. The van der Waals surface area contributed by atoms with E-state index in [0.29, 0.717) is 11.1 Å². The third kappa shape index (κ3) is 5.45. The molecule has 0 aliphatic heterocycles. The van der Waals surface area contributed by atoms with Gasteiger partial charge < -0.3 is 10.1 Å². The highest BCUT2D eigenvalue weighted by Crippen LogP contribution is 2.31. The van der Waals surface area contributed by atoms with Gasteiger partial charge in [0.1, 0.15) is 0 Å². The van der Waals surface area contributed by atoms with E-state index in [1.54, 1.807) is 6.92 Å². The van der Waals surface area contributed by atoms with Gasteiger partial charge in [-0.05, 0) is 56.2 Å². The molecular weight excluding hydrogens is 461 g/mol. The standard InChI is InChI=1S/C24H21F3N6O2/c1-4-35-22(34)17-10-16(11-28-12-17)19-13-29-23(30-18-8-14(2)7-15(3)9-18)31-21(19)33-6-5-20(32-33)24(25,26)27/h5-13H,4H2,1-3H3,(H,29,30,31). The first-order valence-corrected chi connectivity index (χ1v) is 10.6. The van der Waals surface area contributed by atoms with E-state index in [0.717, 1.165) is 33.8 Å². The number of nitrogens with zero attached hydrogens (tertiary/aromatic N) is 5. The van der Waals surface area contributed by atoms with E-state index in [4.69, 9.17) is 4.74 Å². The maximum atomic E-state index is 13.2. The van der Waals surface area contributed by atoms with Crippen molar-refractivity contribution in [3.8, 4) is 16.9 Å². The summed E-state index contributed by atoms with van der Waals surface area (Å²) in [5.74, 6) is -0.339. The second kappa shape index (κ2) is 9.53. The number of halogens is 3. The van der Waals surface area contributed by atoms with Gasteiger partial charge in [0.2, 0.25) is 5.95 Å². The Hall–Kier alpha value is -4.28. The highest BCUT2D eigenvalue weighted by molar-refractivity contribution is 5.90. The summed E-state index contributed by atoms with van der Waals surface area (Å²) in [6.07, 6.45) is 0.778. The SMILES string of the molecule is CCOC(=O)c1cncc(-c2cnc(Nc3cc(C)cc(C)c3)nc2-n2ccc(C(F)(F)F)n2)c1. The van der Waals surface area contributed by atoms with Crippen LogP contribution < -0.4 is 5.32 Å². The molecule has 3 heterocycles. The van der Waals surface area contributed by atoms with Crippen LogP contribution in [0.3, 0.4) is 0 Å². The Labute approximate surface area is 198 Å². The molecule has 0 fully saturated rings. The van der Waals surface area contributed by atoms with Crippen LogP contribution in [0.25, 0.3) is 16.9 Å². The summed E-state index contributed by atoms with van der Waals surface area (Å²) < 4.78 is 45.7. The monoisotopic (exact) mass is 482 g/mol. The van der Waals surface area contributed by atoms with Gasteiger partial charge in [-0.1, -0.05) is 6.07 Å². The van der Waals surface area contributed by atoms with Gasteiger partial charge in [0, 0.05) is 41.6 Å². The van der Waals surface area contributed by atoms with Gasteiger partial charge >= 0.3 is 12.1 Å². The van der Waals surface area contributed by atoms with Crippen LogP contribution in [0.1, 0.15) is 34.1 Å². The minimum Gasteiger partial charge on any atom is -0.462 e. The van der Waals surface area contributed by atoms with Gasteiger partial charge in [0.15, 0.2) is 11.5 Å². The largest absolute Gasteiger partial charge is 0.462 e. The van der Waals surface area contributed by atoms with Crippen LogP contribution in [-0.4, -0.2) is 37.3 Å². The number of pyridine rings is 1. The van der Waals surface area contributed by atoms with Crippen LogP contribution in [-0.2, 0) is 10.9 Å². The minimum atomic E-state index is -4.62. The van der Waals surface area contributed by atoms with Crippen LogP contribution in [0.2, 0.25) is 0 Å². The average molecular weight is 482 g/mol. The zero-order chi connectivity index (χ0) is 25.2. The number of benzene rings is 1. The molecular formula is C24H21F3N6O2. The minimum absolute atomic E-state index is 0.0742. The number of esters is 1. The quantitative estimate of drug-likeness (QED) is 0.374. The number of ether oxygens (including phenoxy) is 1. The molecule has 180 valence electrons. The number of carbonyl (C=O) groups excluding carboxylic acids is 1. The predicted octanol–water partition coefficient (Wildman–Crippen LogP) is 5.28. The zero-order valence-electron chi connectivity index (χ0n) is 19.1. The Morgan fingerprint density at radius 2 is 1.83 bits per heavy atom. The third-order valence-corrected chi connectivity index (χ3v) is 4.90. The van der Waals surface area contributed by atoms with Gasteiger partial charge in [-0.25, -0.2) is 14.5 Å². The zero-order valence-corrected chi connectivity index (χ0v) is 19.1. The fourth-order valence-corrected chi connectivity index (χ4v) is 3.49. The van der Waals surface area contributed by atoms with Gasteiger partial charge in [-0.3, -0.25) is 4.98 Å². The summed E-state index contributed by atoms with van der Waals surface area (Å²) in [6, 6.07) is 8.17. The van der Waals surface area contributed by atoms with E-state index in [-0.39, 0.29) is 23.9 Å². The molecule has 0 bridgehead atoms. The van der Waals surface area contributed by atoms with Crippen molar-refractivity contribution >= 4 is 17.6 Å². The third-order valence-electron chi connectivity index (χ3n) is 4.90. The predicted molar refractivity (Wildman–Crippen MR) is 123 cm³/mol. The molecule has 0 atom stereocenters. The van der Waals surface area contributed by atoms with Crippen LogP contribution in [0.5, 0.6) is 0 Å². The van der Waals surface area contributed by atoms with E-state index in [1.807, 2.05) is 32.0 Å². The summed E-state index contributed by atoms with van der Waals surface area (Å²) in [4.78, 5) is 25.0. The average Bonchev–Trinajstić information content (AvgIpc) is 3.30. The molecule has 35 heavy (non-hydrogen) atoms. The Morgan fingerprint density at radius 1 is 1.09 bits per heavy atom. The van der Waals surface area contributed by atoms with Crippen molar-refractivity contribution in [2.45, 2.75) is 26.9 Å². The number of nitrogens with one attached hydrogen (secondary N) is 1. The lowest BCUT2D eigenvalue weighted by atomic mass is 10.1. The lowest BCUT2D eigenvalue weighted by Crippen LogP contribution is -2.10. The molecule has 0 unspecified atom stereocenters. The smallest absolute Gasteiger partial charge is 0.435 e. The van der Waals surface area contributed by atoms with Crippen molar-refractivity contribution in [3.05, 3.63) is 77.5 Å². The number of anilines is 2. The molecule has 0 saturated carbocycles. The van der Waals surface area contributed by atoms with Crippen molar-refractivity contribution in [2.24, 2.45) is 0 Å². The number of hydrogen-bond acceptors (Lipinski definition) is 7. The molecule has 4 rings (SSSR count). The van der Waals surface area contributed by atoms with Crippen LogP contribution in [0.4, 0.5) is 24.8 Å². The van der Waals surface area contributed by atoms with E-state index >= 15 is 0 Å². The molecule has 1 aromatic carbocycles. The van der Waals surface area contributed by atoms with Crippen molar-refractivity contribution in [2.75, 3.05) is 11.9 Å². The van der Waals surface area contributed by atoms with Crippen molar-refractivity contribution in [1.82, 2.24) is 24.7 Å². The first-order chi connectivity index (χ1) is 16.6. The molecule has 0 aliphatic rings. The molecule has 4 aromatic rings. The van der Waals surface area contributed by atoms with E-state index < -0.39 is 17.8 Å². The number of hydrogen-bond donors (Lipinski definition) is 1. The van der Waals surface area contributed by atoms with Crippen LogP contribution >= 0.6 is 0 Å². The van der Waals surface area contributed by atoms with E-state index in [1.165, 1.54) is 24.7 Å². The lowest BCUT2D eigenvalue weighted by molar-refractivity contribution is -0.141. The van der Waals surface area contributed by atoms with Crippen molar-refractivity contribution in [3.63, 3.8) is 0 Å². The fraction of sp³-hybridized carbons (Fsp3) is 0.208. The van der Waals surface area contributed by atoms with Gasteiger partial charge in [-0.15, -0.1) is 0 Å². The van der Waals surface area contributed by atoms with E-state index in [9.17, 15) is 18.0 Å². The Morgan fingerprint density at radius 3 is 2.49 bits per heavy atom. The Balaban J connectivity index is 1.81. The van der Waals surface area contributed by atoms with Gasteiger partial charge in [0.05, 0.1) is 12.2 Å². The maximum Gasteiger partial charge on any atom is 0.435 e. The second-order valence-electron chi connectivity index (χ2n) is 7.76. The maximum absolute atomic E-state index is 13.2. The van der Waals surface area contributed by atoms with Crippen LogP contribution in [0, 0.1) is 13.8 Å². The number of rotatable bonds is 6. The molecule has 0 amide bonds. The van der Waals surface area contributed by atoms with Crippen LogP contribution in [0.15, 0.2) is 55.1 Å². The van der Waals surface area contributed by atoms with Gasteiger partial charge in [0.25, 0.3) is 0 Å². The molecule has 8 nitrogen and oxygen atoms in total. The molecule has 0 aliphatic carbocycles. The first-order valence-electron chi connectivity index (χ1n) is 10.6. The molecule has 3 aromatic heterocycles. The fourth-order valence-electron chi connectivity index (χ4n) is 3.49. The lowest BCUT2D eigenvalue weighted by Gasteiger charge is -2.13. The molecule has 11 heteroatoms. The summed E-state index contributed by atoms with van der Waals surface area (Å²) >= 11 is 0.